The van der Waals surface area contributed by atoms with Crippen molar-refractivity contribution in [3.63, 3.8) is 0 Å². The molecular formula is C10H15F3N4O. The van der Waals surface area contributed by atoms with E-state index in [4.69, 9.17) is 5.11 Å². The van der Waals surface area contributed by atoms with E-state index in [1.165, 1.54) is 7.05 Å². The second-order valence-electron chi connectivity index (χ2n) is 3.57. The van der Waals surface area contributed by atoms with Crippen LogP contribution in [0.2, 0.25) is 0 Å². The van der Waals surface area contributed by atoms with Gasteiger partial charge in [0.25, 0.3) is 0 Å². The van der Waals surface area contributed by atoms with Crippen LogP contribution in [0.1, 0.15) is 18.5 Å². The Hall–Kier alpha value is -1.57. The molecule has 0 fully saturated rings. The number of alkyl halides is 3. The van der Waals surface area contributed by atoms with Crippen molar-refractivity contribution in [1.29, 1.82) is 0 Å². The summed E-state index contributed by atoms with van der Waals surface area (Å²) in [6, 6.07) is 0.861. The molecule has 1 aromatic heterocycles. The van der Waals surface area contributed by atoms with Crippen LogP contribution in [0.15, 0.2) is 6.07 Å². The van der Waals surface area contributed by atoms with Crippen molar-refractivity contribution in [1.82, 2.24) is 9.97 Å². The van der Waals surface area contributed by atoms with E-state index < -0.39 is 11.9 Å². The van der Waals surface area contributed by atoms with Crippen molar-refractivity contribution >= 4 is 11.8 Å². The van der Waals surface area contributed by atoms with Crippen LogP contribution in [-0.2, 0) is 6.18 Å². The van der Waals surface area contributed by atoms with Gasteiger partial charge in [0, 0.05) is 26.3 Å². The van der Waals surface area contributed by atoms with Gasteiger partial charge < -0.3 is 15.7 Å². The van der Waals surface area contributed by atoms with E-state index in [0.29, 0.717) is 19.4 Å². The molecule has 1 heterocycles. The first-order valence-electron chi connectivity index (χ1n) is 5.46. The van der Waals surface area contributed by atoms with Crippen molar-refractivity contribution < 1.29 is 18.3 Å². The van der Waals surface area contributed by atoms with Crippen LogP contribution >= 0.6 is 0 Å². The summed E-state index contributed by atoms with van der Waals surface area (Å²) in [5.41, 5.74) is -0.994. The number of halogens is 3. The number of aliphatic hydroxyl groups is 1. The molecule has 0 amide bonds. The predicted octanol–water partition coefficient (Wildman–Crippen LogP) is 1.72. The molecule has 1 rings (SSSR count). The summed E-state index contributed by atoms with van der Waals surface area (Å²) in [7, 11) is 1.45. The Balaban J connectivity index is 2.78. The Labute approximate surface area is 102 Å². The van der Waals surface area contributed by atoms with Gasteiger partial charge in [0.15, 0.2) is 5.69 Å². The Morgan fingerprint density at radius 2 is 2.00 bits per heavy atom. The van der Waals surface area contributed by atoms with Crippen LogP contribution in [0.25, 0.3) is 0 Å². The first-order chi connectivity index (χ1) is 8.47. The molecule has 0 aromatic carbocycles. The summed E-state index contributed by atoms with van der Waals surface area (Å²) in [5, 5.41) is 13.8. The van der Waals surface area contributed by atoms with Crippen LogP contribution in [0.3, 0.4) is 0 Å². The summed E-state index contributed by atoms with van der Waals surface area (Å²) in [6.45, 7) is 0.499. The van der Waals surface area contributed by atoms with Crippen molar-refractivity contribution in [3.8, 4) is 0 Å². The van der Waals surface area contributed by atoms with Crippen LogP contribution in [0, 0.1) is 0 Å². The van der Waals surface area contributed by atoms with Crippen molar-refractivity contribution in [3.05, 3.63) is 11.8 Å². The van der Waals surface area contributed by atoms with Crippen LogP contribution < -0.4 is 10.6 Å². The number of anilines is 2. The molecule has 0 atom stereocenters. The lowest BCUT2D eigenvalue weighted by atomic mass is 10.3. The molecule has 0 spiro atoms. The standard InChI is InChI=1S/C10H15F3N4O/c1-14-9-16-7(10(11,12)13)6-8(17-9)15-4-2-3-5-18/h6,18H,2-5H2,1H3,(H2,14,15,16,17). The maximum absolute atomic E-state index is 12.5. The summed E-state index contributed by atoms with van der Waals surface area (Å²) < 4.78 is 37.6. The third-order valence-corrected chi connectivity index (χ3v) is 2.13. The summed E-state index contributed by atoms with van der Waals surface area (Å²) >= 11 is 0. The van der Waals surface area contributed by atoms with Crippen LogP contribution in [0.5, 0.6) is 0 Å². The summed E-state index contributed by atoms with van der Waals surface area (Å²) in [6.07, 6.45) is -3.27. The predicted molar refractivity (Wildman–Crippen MR) is 61.4 cm³/mol. The molecule has 0 aliphatic carbocycles. The molecule has 0 radical (unpaired) electrons. The maximum Gasteiger partial charge on any atom is 0.433 e. The topological polar surface area (TPSA) is 70.1 Å². The monoisotopic (exact) mass is 264 g/mol. The lowest BCUT2D eigenvalue weighted by Gasteiger charge is -2.11. The number of aliphatic hydroxyl groups excluding tert-OH is 1. The molecule has 1 aromatic rings. The average Bonchev–Trinajstić information content (AvgIpc) is 2.33. The van der Waals surface area contributed by atoms with Gasteiger partial charge >= 0.3 is 6.18 Å². The van der Waals surface area contributed by atoms with E-state index in [9.17, 15) is 13.2 Å². The van der Waals surface area contributed by atoms with E-state index in [-0.39, 0.29) is 18.4 Å². The molecular weight excluding hydrogens is 249 g/mol. The molecule has 3 N–H and O–H groups in total. The average molecular weight is 264 g/mol. The van der Waals surface area contributed by atoms with Gasteiger partial charge in [0.05, 0.1) is 0 Å². The highest BCUT2D eigenvalue weighted by molar-refractivity contribution is 5.42. The zero-order valence-electron chi connectivity index (χ0n) is 9.88. The summed E-state index contributed by atoms with van der Waals surface area (Å²) in [5.74, 6) is 0.0223. The third kappa shape index (κ3) is 4.36. The van der Waals surface area contributed by atoms with Gasteiger partial charge in [0.2, 0.25) is 5.95 Å². The number of nitrogens with zero attached hydrogens (tertiary/aromatic N) is 2. The highest BCUT2D eigenvalue weighted by Gasteiger charge is 2.33. The van der Waals surface area contributed by atoms with E-state index >= 15 is 0 Å². The lowest BCUT2D eigenvalue weighted by molar-refractivity contribution is -0.141. The SMILES string of the molecule is CNc1nc(NCCCCO)cc(C(F)(F)F)n1. The third-order valence-electron chi connectivity index (χ3n) is 2.13. The number of unbranched alkanes of at least 4 members (excludes halogenated alkanes) is 1. The fourth-order valence-electron chi connectivity index (χ4n) is 1.25. The minimum absolute atomic E-state index is 0.0566. The maximum atomic E-state index is 12.5. The van der Waals surface area contributed by atoms with Crippen LogP contribution in [0.4, 0.5) is 24.9 Å². The normalized spacial score (nSPS) is 11.4. The van der Waals surface area contributed by atoms with Gasteiger partial charge in [-0.15, -0.1) is 0 Å². The van der Waals surface area contributed by atoms with E-state index in [1.54, 1.807) is 0 Å². The zero-order valence-corrected chi connectivity index (χ0v) is 9.88. The van der Waals surface area contributed by atoms with Gasteiger partial charge in [-0.2, -0.15) is 18.2 Å². The molecule has 8 heteroatoms. The van der Waals surface area contributed by atoms with Crippen molar-refractivity contribution in [2.45, 2.75) is 19.0 Å². The molecule has 0 saturated heterocycles. The van der Waals surface area contributed by atoms with E-state index in [1.807, 2.05) is 0 Å². The van der Waals surface area contributed by atoms with Gasteiger partial charge in [-0.3, -0.25) is 0 Å². The molecule has 0 aliphatic heterocycles. The number of aromatic nitrogens is 2. The molecule has 0 aliphatic rings. The highest BCUT2D eigenvalue weighted by Crippen LogP contribution is 2.29. The second kappa shape index (κ2) is 6.39. The minimum Gasteiger partial charge on any atom is -0.396 e. The number of hydrogen-bond acceptors (Lipinski definition) is 5. The van der Waals surface area contributed by atoms with Gasteiger partial charge in [-0.25, -0.2) is 4.98 Å². The molecule has 102 valence electrons. The second-order valence-corrected chi connectivity index (χ2v) is 3.57. The molecule has 0 bridgehead atoms. The highest BCUT2D eigenvalue weighted by atomic mass is 19.4. The zero-order chi connectivity index (χ0) is 13.6. The quantitative estimate of drug-likeness (QED) is 0.682. The molecule has 5 nitrogen and oxygen atoms in total. The first kappa shape index (κ1) is 14.5. The van der Waals surface area contributed by atoms with Crippen molar-refractivity contribution in [2.24, 2.45) is 0 Å². The molecule has 0 saturated carbocycles. The van der Waals surface area contributed by atoms with Gasteiger partial charge in [-0.05, 0) is 12.8 Å². The molecule has 18 heavy (non-hydrogen) atoms. The first-order valence-corrected chi connectivity index (χ1v) is 5.46. The minimum atomic E-state index is -4.50. The van der Waals surface area contributed by atoms with E-state index in [0.717, 1.165) is 6.07 Å². The Morgan fingerprint density at radius 1 is 1.28 bits per heavy atom. The fraction of sp³-hybridized carbons (Fsp3) is 0.600. The van der Waals surface area contributed by atoms with Gasteiger partial charge in [-0.1, -0.05) is 0 Å². The van der Waals surface area contributed by atoms with Crippen molar-refractivity contribution in [2.75, 3.05) is 30.8 Å². The van der Waals surface area contributed by atoms with Crippen LogP contribution in [-0.4, -0.2) is 35.3 Å². The molecule has 0 unspecified atom stereocenters. The summed E-state index contributed by atoms with van der Waals surface area (Å²) in [4.78, 5) is 7.21. The Kier molecular flexibility index (Phi) is 5.14. The number of hydrogen-bond donors (Lipinski definition) is 3. The fourth-order valence-corrected chi connectivity index (χ4v) is 1.25. The number of nitrogens with one attached hydrogen (secondary N) is 2. The number of rotatable bonds is 6. The lowest BCUT2D eigenvalue weighted by Crippen LogP contribution is -2.13. The van der Waals surface area contributed by atoms with Gasteiger partial charge in [0.1, 0.15) is 5.82 Å². The smallest absolute Gasteiger partial charge is 0.396 e. The Bertz CT molecular complexity index is 384. The largest absolute Gasteiger partial charge is 0.433 e. The Morgan fingerprint density at radius 3 is 2.56 bits per heavy atom. The van der Waals surface area contributed by atoms with E-state index in [2.05, 4.69) is 20.6 Å².